The monoisotopic (exact) mass is 538 g/mol. The Balaban J connectivity index is 1.17. The second-order valence-electron chi connectivity index (χ2n) is 11.0. The highest BCUT2D eigenvalue weighted by atomic mass is 19.1. The summed E-state index contributed by atoms with van der Waals surface area (Å²) in [5, 5.41) is 3.12. The highest BCUT2D eigenvalue weighted by Crippen LogP contribution is 2.34. The normalized spacial score (nSPS) is 16.1. The van der Waals surface area contributed by atoms with Crippen LogP contribution in [0.15, 0.2) is 65.1 Å². The van der Waals surface area contributed by atoms with Crippen LogP contribution in [0.5, 0.6) is 0 Å². The van der Waals surface area contributed by atoms with Gasteiger partial charge in [0, 0.05) is 24.2 Å². The average molecular weight is 539 g/mol. The lowest BCUT2D eigenvalue weighted by Gasteiger charge is -2.20. The van der Waals surface area contributed by atoms with Gasteiger partial charge in [-0.1, -0.05) is 38.1 Å². The highest BCUT2D eigenvalue weighted by molar-refractivity contribution is 5.94. The van der Waals surface area contributed by atoms with E-state index in [9.17, 15) is 9.18 Å². The van der Waals surface area contributed by atoms with Gasteiger partial charge in [-0.15, -0.1) is 0 Å². The molecule has 7 heteroatoms. The van der Waals surface area contributed by atoms with Crippen LogP contribution in [0.25, 0.3) is 27.4 Å². The SMILES string of the molecule is [C-]#[N+]c1cc(C(C)C)c2oc(-c3ccc(C(=O)NC[C@H]4CCCN(Cc5cccc(CF)c5)CC4)cc3)nc2c1. The van der Waals surface area contributed by atoms with Crippen molar-refractivity contribution in [3.8, 4) is 11.5 Å². The first kappa shape index (κ1) is 27.5. The topological polar surface area (TPSA) is 62.7 Å². The summed E-state index contributed by atoms with van der Waals surface area (Å²) in [4.78, 5) is 23.5. The first-order chi connectivity index (χ1) is 19.4. The maximum atomic E-state index is 13.0. The fourth-order valence-corrected chi connectivity index (χ4v) is 5.42. The number of rotatable bonds is 8. The summed E-state index contributed by atoms with van der Waals surface area (Å²) in [6, 6.07) is 18.7. The molecule has 6 nitrogen and oxygen atoms in total. The maximum absolute atomic E-state index is 13.0. The van der Waals surface area contributed by atoms with Gasteiger partial charge in [-0.25, -0.2) is 14.2 Å². The molecule has 0 spiro atoms. The van der Waals surface area contributed by atoms with Crippen molar-refractivity contribution in [2.24, 2.45) is 5.92 Å². The van der Waals surface area contributed by atoms with Gasteiger partial charge >= 0.3 is 0 Å². The van der Waals surface area contributed by atoms with Gasteiger partial charge in [0.1, 0.15) is 6.67 Å². The van der Waals surface area contributed by atoms with Crippen LogP contribution < -0.4 is 5.32 Å². The third-order valence-electron chi connectivity index (χ3n) is 7.69. The van der Waals surface area contributed by atoms with E-state index in [-0.39, 0.29) is 11.8 Å². The van der Waals surface area contributed by atoms with Crippen molar-refractivity contribution >= 4 is 22.7 Å². The quantitative estimate of drug-likeness (QED) is 0.234. The minimum absolute atomic E-state index is 0.0861. The summed E-state index contributed by atoms with van der Waals surface area (Å²) in [5.41, 5.74) is 6.15. The number of benzene rings is 3. The number of halogens is 1. The average Bonchev–Trinajstić information content (AvgIpc) is 3.29. The van der Waals surface area contributed by atoms with Crippen LogP contribution in [0.2, 0.25) is 0 Å². The fourth-order valence-electron chi connectivity index (χ4n) is 5.42. The molecule has 0 unspecified atom stereocenters. The molecule has 1 aliphatic rings. The zero-order valence-electron chi connectivity index (χ0n) is 23.1. The summed E-state index contributed by atoms with van der Waals surface area (Å²) in [6.07, 6.45) is 3.18. The molecule has 1 atom stereocenters. The molecule has 0 saturated carbocycles. The number of fused-ring (bicyclic) bond motifs is 1. The van der Waals surface area contributed by atoms with Crippen molar-refractivity contribution in [3.63, 3.8) is 0 Å². The van der Waals surface area contributed by atoms with Crippen molar-refractivity contribution in [1.82, 2.24) is 15.2 Å². The van der Waals surface area contributed by atoms with Crippen molar-refractivity contribution in [2.45, 2.75) is 52.2 Å². The van der Waals surface area contributed by atoms with Crippen LogP contribution in [-0.2, 0) is 13.2 Å². The van der Waals surface area contributed by atoms with Gasteiger partial charge in [-0.2, -0.15) is 0 Å². The standard InChI is InChI=1S/C33H35FN4O2/c1-22(2)29-17-28(35-3)18-30-31(29)40-33(37-30)27-11-9-26(10-12-27)32(39)36-20-23-8-5-14-38(15-13-23)21-25-7-4-6-24(16-25)19-34/h4,6-7,9-12,16-18,22-23H,5,8,13-15,19-21H2,1-2H3,(H,36,39)/t23-/m0/s1. The number of hydrogen-bond acceptors (Lipinski definition) is 4. The minimum atomic E-state index is -0.431. The molecule has 1 aliphatic heterocycles. The van der Waals surface area contributed by atoms with Crippen molar-refractivity contribution < 1.29 is 13.6 Å². The van der Waals surface area contributed by atoms with Gasteiger partial charge in [-0.05, 0) is 97.3 Å². The molecule has 5 rings (SSSR count). The Morgan fingerprint density at radius 2 is 1.93 bits per heavy atom. The smallest absolute Gasteiger partial charge is 0.251 e. The molecule has 40 heavy (non-hydrogen) atoms. The Hall–Kier alpha value is -4.02. The van der Waals surface area contributed by atoms with Crippen LogP contribution in [0, 0.1) is 12.5 Å². The fraction of sp³-hybridized carbons (Fsp3) is 0.364. The summed E-state index contributed by atoms with van der Waals surface area (Å²) in [5.74, 6) is 1.02. The van der Waals surface area contributed by atoms with E-state index in [1.165, 1.54) is 0 Å². The molecule has 3 aromatic carbocycles. The van der Waals surface area contributed by atoms with E-state index in [2.05, 4.69) is 40.0 Å². The lowest BCUT2D eigenvalue weighted by Crippen LogP contribution is -2.30. The number of carbonyl (C=O) groups is 1. The third kappa shape index (κ3) is 6.40. The third-order valence-corrected chi connectivity index (χ3v) is 7.69. The number of amides is 1. The second kappa shape index (κ2) is 12.4. The zero-order valence-corrected chi connectivity index (χ0v) is 23.1. The van der Waals surface area contributed by atoms with E-state index in [4.69, 9.17) is 11.0 Å². The Morgan fingerprint density at radius 1 is 1.12 bits per heavy atom. The van der Waals surface area contributed by atoms with Crippen molar-refractivity contribution in [2.75, 3.05) is 19.6 Å². The Morgan fingerprint density at radius 3 is 2.67 bits per heavy atom. The molecule has 1 aromatic heterocycles. The Labute approximate surface area is 235 Å². The predicted molar refractivity (Wildman–Crippen MR) is 156 cm³/mol. The molecule has 206 valence electrons. The number of aromatic nitrogens is 1. The molecular formula is C33H35FN4O2. The Kier molecular flexibility index (Phi) is 8.57. The summed E-state index contributed by atoms with van der Waals surface area (Å²) < 4.78 is 19.1. The molecule has 2 heterocycles. The van der Waals surface area contributed by atoms with Crippen LogP contribution in [-0.4, -0.2) is 35.4 Å². The Bertz CT molecular complexity index is 1520. The van der Waals surface area contributed by atoms with Crippen LogP contribution >= 0.6 is 0 Å². The second-order valence-corrected chi connectivity index (χ2v) is 11.0. The molecule has 4 aromatic rings. The van der Waals surface area contributed by atoms with Crippen LogP contribution in [0.4, 0.5) is 10.1 Å². The molecule has 0 bridgehead atoms. The van der Waals surface area contributed by atoms with E-state index in [1.54, 1.807) is 18.2 Å². The summed E-state index contributed by atoms with van der Waals surface area (Å²) >= 11 is 0. The van der Waals surface area contributed by atoms with E-state index >= 15 is 0 Å². The maximum Gasteiger partial charge on any atom is 0.251 e. The van der Waals surface area contributed by atoms with E-state index in [0.717, 1.165) is 61.2 Å². The lowest BCUT2D eigenvalue weighted by atomic mass is 10.0. The van der Waals surface area contributed by atoms with E-state index in [1.807, 2.05) is 36.4 Å². The predicted octanol–water partition coefficient (Wildman–Crippen LogP) is 7.67. The van der Waals surface area contributed by atoms with Crippen LogP contribution in [0.1, 0.15) is 66.1 Å². The molecule has 0 radical (unpaired) electrons. The highest BCUT2D eigenvalue weighted by Gasteiger charge is 2.19. The largest absolute Gasteiger partial charge is 0.436 e. The van der Waals surface area contributed by atoms with Gasteiger partial charge < -0.3 is 9.73 Å². The first-order valence-electron chi connectivity index (χ1n) is 14.0. The van der Waals surface area contributed by atoms with Crippen LogP contribution in [0.3, 0.4) is 0 Å². The number of alkyl halides is 1. The molecule has 1 saturated heterocycles. The van der Waals surface area contributed by atoms with Gasteiger partial charge in [0.15, 0.2) is 11.3 Å². The van der Waals surface area contributed by atoms with Gasteiger partial charge in [0.2, 0.25) is 5.89 Å². The molecule has 1 fully saturated rings. The van der Waals surface area contributed by atoms with Gasteiger partial charge in [-0.3, -0.25) is 9.69 Å². The molecule has 1 amide bonds. The number of nitrogens with one attached hydrogen (secondary N) is 1. The minimum Gasteiger partial charge on any atom is -0.436 e. The molecule has 1 N–H and O–H groups in total. The summed E-state index contributed by atoms with van der Waals surface area (Å²) in [6.45, 7) is 14.5. The number of nitrogens with zero attached hydrogens (tertiary/aromatic N) is 3. The van der Waals surface area contributed by atoms with Gasteiger partial charge in [0.05, 0.1) is 12.1 Å². The van der Waals surface area contributed by atoms with Crippen molar-refractivity contribution in [1.29, 1.82) is 0 Å². The molecular weight excluding hydrogens is 503 g/mol. The lowest BCUT2D eigenvalue weighted by molar-refractivity contribution is 0.0945. The first-order valence-corrected chi connectivity index (χ1v) is 14.0. The summed E-state index contributed by atoms with van der Waals surface area (Å²) in [7, 11) is 0. The number of likely N-dealkylation sites (tertiary alicyclic amines) is 1. The number of oxazole rings is 1. The van der Waals surface area contributed by atoms with Crippen molar-refractivity contribution in [3.05, 3.63) is 94.3 Å². The number of hydrogen-bond donors (Lipinski definition) is 1. The van der Waals surface area contributed by atoms with Gasteiger partial charge in [0.25, 0.3) is 5.91 Å². The molecule has 0 aliphatic carbocycles. The zero-order chi connectivity index (χ0) is 28.1. The number of carbonyl (C=O) groups excluding carboxylic acids is 1. The van der Waals surface area contributed by atoms with E-state index in [0.29, 0.717) is 40.7 Å². The van der Waals surface area contributed by atoms with E-state index < -0.39 is 6.67 Å².